The van der Waals surface area contributed by atoms with Crippen LogP contribution in [0.5, 0.6) is 5.75 Å². The predicted molar refractivity (Wildman–Crippen MR) is 94.2 cm³/mol. The fraction of sp³-hybridized carbons (Fsp3) is 0.684. The van der Waals surface area contributed by atoms with Gasteiger partial charge in [-0.3, -0.25) is 4.90 Å². The number of para-hydroxylation sites is 2. The van der Waals surface area contributed by atoms with Crippen LogP contribution in [0.15, 0.2) is 24.3 Å². The molecule has 1 heterocycles. The zero-order valence-electron chi connectivity index (χ0n) is 14.3. The van der Waals surface area contributed by atoms with Gasteiger partial charge >= 0.3 is 0 Å². The highest BCUT2D eigenvalue weighted by atomic mass is 16.5. The number of nitrogens with zero attached hydrogens (tertiary/aromatic N) is 2. The summed E-state index contributed by atoms with van der Waals surface area (Å²) in [5.41, 5.74) is 1.18. The smallest absolute Gasteiger partial charge is 0.142 e. The summed E-state index contributed by atoms with van der Waals surface area (Å²) < 4.78 is 5.47. The lowest BCUT2D eigenvalue weighted by atomic mass is 9.99. The maximum absolute atomic E-state index is 10.4. The van der Waals surface area contributed by atoms with Crippen molar-refractivity contribution in [2.24, 2.45) is 5.92 Å². The van der Waals surface area contributed by atoms with Gasteiger partial charge in [-0.2, -0.15) is 0 Å². The molecule has 4 heteroatoms. The van der Waals surface area contributed by atoms with Gasteiger partial charge in [0.05, 0.1) is 18.9 Å². The molecule has 4 nitrogen and oxygen atoms in total. The third-order valence-corrected chi connectivity index (χ3v) is 5.35. The molecule has 2 fully saturated rings. The molecule has 0 bridgehead atoms. The van der Waals surface area contributed by atoms with Gasteiger partial charge in [-0.05, 0) is 24.5 Å². The van der Waals surface area contributed by atoms with Crippen molar-refractivity contribution in [3.05, 3.63) is 24.3 Å². The van der Waals surface area contributed by atoms with E-state index in [-0.39, 0.29) is 6.10 Å². The van der Waals surface area contributed by atoms with E-state index in [1.807, 2.05) is 12.1 Å². The van der Waals surface area contributed by atoms with Gasteiger partial charge in [0.2, 0.25) is 0 Å². The third kappa shape index (κ3) is 4.39. The first-order valence-electron chi connectivity index (χ1n) is 9.04. The van der Waals surface area contributed by atoms with Crippen molar-refractivity contribution in [2.45, 2.75) is 38.2 Å². The lowest BCUT2D eigenvalue weighted by molar-refractivity contribution is 0.0884. The molecule has 0 amide bonds. The molecule has 1 saturated carbocycles. The molecule has 1 aromatic carbocycles. The van der Waals surface area contributed by atoms with Crippen molar-refractivity contribution in [1.29, 1.82) is 0 Å². The fourth-order valence-corrected chi connectivity index (χ4v) is 4.07. The van der Waals surface area contributed by atoms with E-state index in [1.54, 1.807) is 7.11 Å². The first-order chi connectivity index (χ1) is 11.3. The molecule has 2 aliphatic rings. The molecule has 1 N–H and O–H groups in total. The van der Waals surface area contributed by atoms with Crippen molar-refractivity contribution in [2.75, 3.05) is 44.7 Å². The molecule has 23 heavy (non-hydrogen) atoms. The van der Waals surface area contributed by atoms with Crippen LogP contribution in [0.4, 0.5) is 5.69 Å². The number of hydrogen-bond acceptors (Lipinski definition) is 4. The van der Waals surface area contributed by atoms with Crippen LogP contribution in [0.2, 0.25) is 0 Å². The van der Waals surface area contributed by atoms with Crippen molar-refractivity contribution >= 4 is 5.69 Å². The van der Waals surface area contributed by atoms with Crippen molar-refractivity contribution in [1.82, 2.24) is 4.90 Å². The minimum absolute atomic E-state index is 0.157. The van der Waals surface area contributed by atoms with E-state index in [1.165, 1.54) is 31.4 Å². The molecule has 3 rings (SSSR count). The van der Waals surface area contributed by atoms with Crippen molar-refractivity contribution in [3.63, 3.8) is 0 Å². The largest absolute Gasteiger partial charge is 0.495 e. The van der Waals surface area contributed by atoms with E-state index in [9.17, 15) is 5.11 Å². The number of methoxy groups -OCH3 is 1. The Morgan fingerprint density at radius 2 is 1.83 bits per heavy atom. The fourth-order valence-electron chi connectivity index (χ4n) is 4.07. The van der Waals surface area contributed by atoms with Crippen LogP contribution in [0.25, 0.3) is 0 Å². The monoisotopic (exact) mass is 318 g/mol. The normalized spacial score (nSPS) is 21.6. The van der Waals surface area contributed by atoms with Gasteiger partial charge in [-0.15, -0.1) is 0 Å². The van der Waals surface area contributed by atoms with Crippen LogP contribution in [0.3, 0.4) is 0 Å². The highest BCUT2D eigenvalue weighted by molar-refractivity contribution is 5.58. The highest BCUT2D eigenvalue weighted by Gasteiger charge is 2.23. The molecule has 1 saturated heterocycles. The number of aliphatic hydroxyl groups excluding tert-OH is 1. The summed E-state index contributed by atoms with van der Waals surface area (Å²) >= 11 is 0. The van der Waals surface area contributed by atoms with Gasteiger partial charge in [-0.1, -0.05) is 37.8 Å². The zero-order valence-corrected chi connectivity index (χ0v) is 14.3. The first-order valence-corrected chi connectivity index (χ1v) is 9.04. The maximum atomic E-state index is 10.4. The Kier molecular flexibility index (Phi) is 5.79. The van der Waals surface area contributed by atoms with E-state index < -0.39 is 0 Å². The molecular weight excluding hydrogens is 288 g/mol. The molecule has 1 aliphatic carbocycles. The minimum atomic E-state index is -0.157. The molecule has 0 radical (unpaired) electrons. The molecule has 128 valence electrons. The lowest BCUT2D eigenvalue weighted by Crippen LogP contribution is -2.48. The summed E-state index contributed by atoms with van der Waals surface area (Å²) in [6.45, 7) is 4.85. The van der Waals surface area contributed by atoms with Crippen LogP contribution in [0.1, 0.15) is 32.1 Å². The number of piperazine rings is 1. The minimum Gasteiger partial charge on any atom is -0.495 e. The topological polar surface area (TPSA) is 35.9 Å². The van der Waals surface area contributed by atoms with Crippen LogP contribution < -0.4 is 9.64 Å². The van der Waals surface area contributed by atoms with Crippen LogP contribution in [-0.4, -0.2) is 55.9 Å². The molecule has 1 aromatic rings. The van der Waals surface area contributed by atoms with Crippen molar-refractivity contribution in [3.8, 4) is 5.75 Å². The third-order valence-electron chi connectivity index (χ3n) is 5.35. The summed E-state index contributed by atoms with van der Waals surface area (Å²) in [5, 5.41) is 10.4. The summed E-state index contributed by atoms with van der Waals surface area (Å²) in [6, 6.07) is 8.23. The predicted octanol–water partition coefficient (Wildman–Crippen LogP) is 2.76. The van der Waals surface area contributed by atoms with E-state index >= 15 is 0 Å². The summed E-state index contributed by atoms with van der Waals surface area (Å²) in [6.07, 6.45) is 6.18. The van der Waals surface area contributed by atoms with Crippen LogP contribution in [0, 0.1) is 5.92 Å². The number of rotatable bonds is 6. The average Bonchev–Trinajstić information content (AvgIpc) is 3.08. The summed E-state index contributed by atoms with van der Waals surface area (Å²) in [7, 11) is 1.73. The Bertz CT molecular complexity index is 480. The standard InChI is InChI=1S/C19H30N2O2/c1-23-19-9-5-4-8-18(19)21-12-10-20(11-13-21)15-17(22)14-16-6-2-3-7-16/h4-5,8-9,16-17,22H,2-3,6-7,10-15H2,1H3. The summed E-state index contributed by atoms with van der Waals surface area (Å²) in [5.74, 6) is 1.71. The SMILES string of the molecule is COc1ccccc1N1CCN(CC(O)CC2CCCC2)CC1. The second-order valence-corrected chi connectivity index (χ2v) is 7.00. The molecule has 1 atom stereocenters. The van der Waals surface area contributed by atoms with Gasteiger partial charge in [0, 0.05) is 32.7 Å². The molecular formula is C19H30N2O2. The van der Waals surface area contributed by atoms with E-state index in [0.29, 0.717) is 0 Å². The number of hydrogen-bond donors (Lipinski definition) is 1. The Morgan fingerprint density at radius 3 is 2.52 bits per heavy atom. The van der Waals surface area contributed by atoms with Gasteiger partial charge < -0.3 is 14.7 Å². The number of benzene rings is 1. The first kappa shape index (κ1) is 16.6. The molecule has 1 unspecified atom stereocenters. The second kappa shape index (κ2) is 8.02. The number of β-amino-alcohol motifs (C(OH)–C–C–N with tert-alkyl or cyclic N) is 1. The number of aliphatic hydroxyl groups is 1. The van der Waals surface area contributed by atoms with Gasteiger partial charge in [0.15, 0.2) is 0 Å². The molecule has 0 spiro atoms. The lowest BCUT2D eigenvalue weighted by Gasteiger charge is -2.37. The Labute approximate surface area is 140 Å². The van der Waals surface area contributed by atoms with Gasteiger partial charge in [0.25, 0.3) is 0 Å². The van der Waals surface area contributed by atoms with Crippen LogP contribution >= 0.6 is 0 Å². The quantitative estimate of drug-likeness (QED) is 0.875. The molecule has 0 aromatic heterocycles. The Balaban J connectivity index is 1.46. The van der Waals surface area contributed by atoms with E-state index in [4.69, 9.17) is 4.74 Å². The van der Waals surface area contributed by atoms with Crippen LogP contribution in [-0.2, 0) is 0 Å². The highest BCUT2D eigenvalue weighted by Crippen LogP contribution is 2.30. The number of ether oxygens (including phenoxy) is 1. The Morgan fingerprint density at radius 1 is 1.13 bits per heavy atom. The second-order valence-electron chi connectivity index (χ2n) is 7.00. The summed E-state index contributed by atoms with van der Waals surface area (Å²) in [4.78, 5) is 4.80. The zero-order chi connectivity index (χ0) is 16.1. The Hall–Kier alpha value is -1.26. The number of anilines is 1. The van der Waals surface area contributed by atoms with Gasteiger partial charge in [-0.25, -0.2) is 0 Å². The maximum Gasteiger partial charge on any atom is 0.142 e. The average molecular weight is 318 g/mol. The van der Waals surface area contributed by atoms with Gasteiger partial charge in [0.1, 0.15) is 5.75 Å². The van der Waals surface area contributed by atoms with E-state index in [0.717, 1.165) is 50.8 Å². The van der Waals surface area contributed by atoms with E-state index in [2.05, 4.69) is 21.9 Å². The molecule has 1 aliphatic heterocycles. The van der Waals surface area contributed by atoms with Crippen molar-refractivity contribution < 1.29 is 9.84 Å².